The van der Waals surface area contributed by atoms with E-state index in [-0.39, 0.29) is 11.8 Å². The van der Waals surface area contributed by atoms with E-state index in [1.807, 2.05) is 0 Å². The van der Waals surface area contributed by atoms with Gasteiger partial charge in [-0.1, -0.05) is 0 Å². The van der Waals surface area contributed by atoms with E-state index >= 15 is 0 Å². The monoisotopic (exact) mass is 158 g/mol. The van der Waals surface area contributed by atoms with Gasteiger partial charge in [0.15, 0.2) is 0 Å². The molecule has 8 heavy (non-hydrogen) atoms. The number of hydrogen-bond donors (Lipinski definition) is 2. The van der Waals surface area contributed by atoms with Gasteiger partial charge in [-0.15, -0.1) is 23.2 Å². The standard InChI is InChI=1S/C4H8Cl2O2/c5-1-3(7)4(8)2-6/h3-4,7-8H,1-2H2/t3-,4-/m1/s1. The molecular weight excluding hydrogens is 151 g/mol. The molecule has 0 aromatic carbocycles. The minimum atomic E-state index is -0.894. The third-order valence-corrected chi connectivity index (χ3v) is 1.39. The van der Waals surface area contributed by atoms with Crippen LogP contribution in [-0.4, -0.2) is 34.2 Å². The molecule has 50 valence electrons. The first-order valence-electron chi connectivity index (χ1n) is 2.20. The van der Waals surface area contributed by atoms with E-state index in [9.17, 15) is 0 Å². The number of halogens is 2. The van der Waals surface area contributed by atoms with Crippen LogP contribution < -0.4 is 0 Å². The van der Waals surface area contributed by atoms with Gasteiger partial charge in [0.1, 0.15) is 0 Å². The van der Waals surface area contributed by atoms with E-state index < -0.39 is 12.2 Å². The quantitative estimate of drug-likeness (QED) is 0.577. The minimum absolute atomic E-state index is 0.0217. The van der Waals surface area contributed by atoms with Crippen LogP contribution in [0.2, 0.25) is 0 Å². The molecule has 0 aliphatic carbocycles. The maximum Gasteiger partial charge on any atom is 0.0945 e. The molecule has 0 aliphatic rings. The highest BCUT2D eigenvalue weighted by atomic mass is 35.5. The largest absolute Gasteiger partial charge is 0.389 e. The van der Waals surface area contributed by atoms with Crippen molar-refractivity contribution in [3.05, 3.63) is 0 Å². The van der Waals surface area contributed by atoms with Gasteiger partial charge < -0.3 is 10.2 Å². The van der Waals surface area contributed by atoms with Crippen LogP contribution in [0.15, 0.2) is 0 Å². The second-order valence-electron chi connectivity index (χ2n) is 1.44. The lowest BCUT2D eigenvalue weighted by molar-refractivity contribution is 0.0483. The third kappa shape index (κ3) is 2.72. The average Bonchev–Trinajstić information content (AvgIpc) is 1.84. The summed E-state index contributed by atoms with van der Waals surface area (Å²) in [6.45, 7) is 0. The van der Waals surface area contributed by atoms with Gasteiger partial charge in [-0.25, -0.2) is 0 Å². The molecule has 0 rings (SSSR count). The molecule has 2 atom stereocenters. The van der Waals surface area contributed by atoms with Gasteiger partial charge in [0, 0.05) is 0 Å². The Morgan fingerprint density at radius 3 is 1.38 bits per heavy atom. The van der Waals surface area contributed by atoms with Crippen LogP contribution in [0.5, 0.6) is 0 Å². The SMILES string of the molecule is O[C@H](CCl)[C@H](O)CCl. The van der Waals surface area contributed by atoms with Crippen LogP contribution in [0.25, 0.3) is 0 Å². The Morgan fingerprint density at radius 1 is 1.00 bits per heavy atom. The zero-order valence-corrected chi connectivity index (χ0v) is 5.73. The average molecular weight is 159 g/mol. The fraction of sp³-hybridized carbons (Fsp3) is 1.00. The molecule has 0 aromatic rings. The van der Waals surface area contributed by atoms with Crippen molar-refractivity contribution in [1.82, 2.24) is 0 Å². The Morgan fingerprint density at radius 2 is 1.25 bits per heavy atom. The summed E-state index contributed by atoms with van der Waals surface area (Å²) in [5, 5.41) is 17.3. The molecule has 0 saturated carbocycles. The van der Waals surface area contributed by atoms with E-state index in [4.69, 9.17) is 33.4 Å². The Kier molecular flexibility index (Phi) is 4.66. The first-order chi connectivity index (χ1) is 3.72. The number of aliphatic hydroxyl groups is 2. The Balaban J connectivity index is 3.29. The van der Waals surface area contributed by atoms with Crippen molar-refractivity contribution in [2.24, 2.45) is 0 Å². The highest BCUT2D eigenvalue weighted by Gasteiger charge is 2.12. The summed E-state index contributed by atoms with van der Waals surface area (Å²) in [5.41, 5.74) is 0. The Labute approximate surface area is 58.0 Å². The predicted octanol–water partition coefficient (Wildman–Crippen LogP) is 0.186. The van der Waals surface area contributed by atoms with Crippen molar-refractivity contribution in [2.75, 3.05) is 11.8 Å². The fourth-order valence-corrected chi connectivity index (χ4v) is 0.617. The van der Waals surface area contributed by atoms with E-state index in [2.05, 4.69) is 0 Å². The fourth-order valence-electron chi connectivity index (χ4n) is 0.206. The van der Waals surface area contributed by atoms with E-state index in [0.717, 1.165) is 0 Å². The molecule has 0 bridgehead atoms. The number of alkyl halides is 2. The molecule has 0 fully saturated rings. The summed E-state index contributed by atoms with van der Waals surface area (Å²) in [6.07, 6.45) is -1.79. The molecule has 0 unspecified atom stereocenters. The second-order valence-corrected chi connectivity index (χ2v) is 2.06. The molecule has 2 nitrogen and oxygen atoms in total. The van der Waals surface area contributed by atoms with E-state index in [0.29, 0.717) is 0 Å². The molecule has 0 heterocycles. The van der Waals surface area contributed by atoms with Crippen molar-refractivity contribution in [2.45, 2.75) is 12.2 Å². The lowest BCUT2D eigenvalue weighted by Crippen LogP contribution is -2.28. The van der Waals surface area contributed by atoms with Crippen LogP contribution in [0.3, 0.4) is 0 Å². The van der Waals surface area contributed by atoms with Crippen LogP contribution in [0.4, 0.5) is 0 Å². The molecule has 2 N–H and O–H groups in total. The topological polar surface area (TPSA) is 40.5 Å². The van der Waals surface area contributed by atoms with Gasteiger partial charge in [-0.3, -0.25) is 0 Å². The maximum absolute atomic E-state index is 8.66. The van der Waals surface area contributed by atoms with Gasteiger partial charge in [0.05, 0.1) is 24.0 Å². The predicted molar refractivity (Wildman–Crippen MR) is 33.5 cm³/mol. The molecule has 0 amide bonds. The molecule has 0 aliphatic heterocycles. The summed E-state index contributed by atoms with van der Waals surface area (Å²) in [6, 6.07) is 0. The highest BCUT2D eigenvalue weighted by molar-refractivity contribution is 6.19. The molecule has 0 saturated heterocycles. The smallest absolute Gasteiger partial charge is 0.0945 e. The summed E-state index contributed by atoms with van der Waals surface area (Å²) < 4.78 is 0. The minimum Gasteiger partial charge on any atom is -0.389 e. The van der Waals surface area contributed by atoms with E-state index in [1.54, 1.807) is 0 Å². The molecular formula is C4H8Cl2O2. The Bertz CT molecular complexity index is 52.0. The van der Waals surface area contributed by atoms with Gasteiger partial charge in [0.25, 0.3) is 0 Å². The second kappa shape index (κ2) is 4.39. The first-order valence-corrected chi connectivity index (χ1v) is 3.27. The summed E-state index contributed by atoms with van der Waals surface area (Å²) in [4.78, 5) is 0. The van der Waals surface area contributed by atoms with Gasteiger partial charge in [-0.05, 0) is 0 Å². The normalized spacial score (nSPS) is 18.0. The highest BCUT2D eigenvalue weighted by Crippen LogP contribution is 1.97. The zero-order valence-electron chi connectivity index (χ0n) is 4.22. The van der Waals surface area contributed by atoms with Crippen LogP contribution in [-0.2, 0) is 0 Å². The molecule has 4 heteroatoms. The maximum atomic E-state index is 8.66. The van der Waals surface area contributed by atoms with Crippen LogP contribution in [0.1, 0.15) is 0 Å². The third-order valence-electron chi connectivity index (χ3n) is 0.760. The van der Waals surface area contributed by atoms with Gasteiger partial charge >= 0.3 is 0 Å². The lowest BCUT2D eigenvalue weighted by Gasteiger charge is -2.10. The Hall–Kier alpha value is 0.500. The summed E-state index contributed by atoms with van der Waals surface area (Å²) in [7, 11) is 0. The van der Waals surface area contributed by atoms with Crippen molar-refractivity contribution < 1.29 is 10.2 Å². The van der Waals surface area contributed by atoms with Crippen molar-refractivity contribution >= 4 is 23.2 Å². The van der Waals surface area contributed by atoms with Crippen molar-refractivity contribution in [3.63, 3.8) is 0 Å². The summed E-state index contributed by atoms with van der Waals surface area (Å²) in [5.74, 6) is 0.0434. The first kappa shape index (κ1) is 8.50. The van der Waals surface area contributed by atoms with E-state index in [1.165, 1.54) is 0 Å². The zero-order chi connectivity index (χ0) is 6.57. The summed E-state index contributed by atoms with van der Waals surface area (Å²) >= 11 is 10.3. The number of hydrogen-bond acceptors (Lipinski definition) is 2. The van der Waals surface area contributed by atoms with Crippen LogP contribution >= 0.6 is 23.2 Å². The van der Waals surface area contributed by atoms with Gasteiger partial charge in [0.2, 0.25) is 0 Å². The number of rotatable bonds is 3. The van der Waals surface area contributed by atoms with Crippen molar-refractivity contribution in [1.29, 1.82) is 0 Å². The van der Waals surface area contributed by atoms with Gasteiger partial charge in [-0.2, -0.15) is 0 Å². The molecule has 0 aromatic heterocycles. The molecule has 0 radical (unpaired) electrons. The molecule has 0 spiro atoms. The lowest BCUT2D eigenvalue weighted by atomic mass is 10.3. The number of aliphatic hydroxyl groups excluding tert-OH is 2. The van der Waals surface area contributed by atoms with Crippen molar-refractivity contribution in [3.8, 4) is 0 Å². The van der Waals surface area contributed by atoms with Crippen LogP contribution in [0, 0.1) is 0 Å².